The number of nitrogens with one attached hydrogen (secondary N) is 1. The fraction of sp³-hybridized carbons (Fsp3) is 0.571. The molecule has 1 aliphatic heterocycles. The van der Waals surface area contributed by atoms with E-state index in [9.17, 15) is 4.39 Å². The molecule has 3 heteroatoms. The van der Waals surface area contributed by atoms with Crippen LogP contribution in [0.25, 0.3) is 0 Å². The highest BCUT2D eigenvalue weighted by atomic mass is 19.1. The van der Waals surface area contributed by atoms with Crippen LogP contribution in [-0.2, 0) is 6.54 Å². The van der Waals surface area contributed by atoms with Crippen LogP contribution in [0.1, 0.15) is 24.0 Å². The number of halogens is 1. The van der Waals surface area contributed by atoms with Gasteiger partial charge in [-0.25, -0.2) is 4.39 Å². The Morgan fingerprint density at radius 1 is 1.29 bits per heavy atom. The Balaban J connectivity index is 1.72. The van der Waals surface area contributed by atoms with Crippen LogP contribution in [0.5, 0.6) is 0 Å². The molecule has 94 valence electrons. The van der Waals surface area contributed by atoms with Crippen molar-refractivity contribution in [3.8, 4) is 0 Å². The molecule has 2 rings (SSSR count). The summed E-state index contributed by atoms with van der Waals surface area (Å²) in [5, 5.41) is 3.39. The third-order valence-electron chi connectivity index (χ3n) is 3.43. The summed E-state index contributed by atoms with van der Waals surface area (Å²) >= 11 is 0. The summed E-state index contributed by atoms with van der Waals surface area (Å²) in [6, 6.07) is 4.98. The van der Waals surface area contributed by atoms with Gasteiger partial charge >= 0.3 is 0 Å². The van der Waals surface area contributed by atoms with Gasteiger partial charge < -0.3 is 10.2 Å². The zero-order chi connectivity index (χ0) is 12.1. The highest BCUT2D eigenvalue weighted by molar-refractivity contribution is 5.26. The van der Waals surface area contributed by atoms with Crippen LogP contribution in [0.2, 0.25) is 0 Å². The van der Waals surface area contributed by atoms with Gasteiger partial charge in [-0.3, -0.25) is 0 Å². The van der Waals surface area contributed by atoms with Crippen LogP contribution >= 0.6 is 0 Å². The third kappa shape index (κ3) is 3.79. The predicted molar refractivity (Wildman–Crippen MR) is 68.5 cm³/mol. The lowest BCUT2D eigenvalue weighted by Crippen LogP contribution is -2.29. The highest BCUT2D eigenvalue weighted by Crippen LogP contribution is 2.10. The fourth-order valence-electron chi connectivity index (χ4n) is 2.30. The molecule has 1 aliphatic rings. The lowest BCUT2D eigenvalue weighted by molar-refractivity contribution is 0.335. The third-order valence-corrected chi connectivity index (χ3v) is 3.43. The summed E-state index contributed by atoms with van der Waals surface area (Å²) in [5.74, 6) is -0.146. The van der Waals surface area contributed by atoms with E-state index in [4.69, 9.17) is 0 Å². The number of hydrogen-bond acceptors (Lipinski definition) is 2. The summed E-state index contributed by atoms with van der Waals surface area (Å²) in [4.78, 5) is 2.48. The first-order valence-electron chi connectivity index (χ1n) is 6.44. The molecule has 0 atom stereocenters. The van der Waals surface area contributed by atoms with Gasteiger partial charge in [0.1, 0.15) is 5.82 Å². The summed E-state index contributed by atoms with van der Waals surface area (Å²) in [7, 11) is 0. The van der Waals surface area contributed by atoms with Gasteiger partial charge in [0, 0.05) is 19.6 Å². The Kier molecular flexibility index (Phi) is 4.51. The van der Waals surface area contributed by atoms with Gasteiger partial charge in [0.05, 0.1) is 0 Å². The van der Waals surface area contributed by atoms with E-state index in [0.29, 0.717) is 0 Å². The van der Waals surface area contributed by atoms with Gasteiger partial charge in [-0.05, 0) is 56.1 Å². The van der Waals surface area contributed by atoms with E-state index in [1.807, 2.05) is 13.0 Å². The molecule has 17 heavy (non-hydrogen) atoms. The average molecular weight is 236 g/mol. The van der Waals surface area contributed by atoms with Crippen molar-refractivity contribution in [1.82, 2.24) is 10.2 Å². The molecular formula is C14H21FN2. The molecule has 0 aliphatic carbocycles. The highest BCUT2D eigenvalue weighted by Gasteiger charge is 2.10. The molecule has 2 nitrogen and oxygen atoms in total. The van der Waals surface area contributed by atoms with Crippen molar-refractivity contribution in [2.45, 2.75) is 26.3 Å². The monoisotopic (exact) mass is 236 g/mol. The maximum absolute atomic E-state index is 13.1. The fourth-order valence-corrected chi connectivity index (χ4v) is 2.30. The minimum Gasteiger partial charge on any atom is -0.311 e. The van der Waals surface area contributed by atoms with Crippen molar-refractivity contribution in [3.63, 3.8) is 0 Å². The van der Waals surface area contributed by atoms with Crippen molar-refractivity contribution in [1.29, 1.82) is 0 Å². The Hall–Kier alpha value is -0.930. The van der Waals surface area contributed by atoms with Crippen LogP contribution in [0.4, 0.5) is 4.39 Å². The molecule has 0 aromatic heterocycles. The van der Waals surface area contributed by atoms with Gasteiger partial charge in [-0.1, -0.05) is 6.07 Å². The van der Waals surface area contributed by atoms with Gasteiger partial charge in [0.25, 0.3) is 0 Å². The van der Waals surface area contributed by atoms with E-state index >= 15 is 0 Å². The molecule has 1 saturated heterocycles. The lowest BCUT2D eigenvalue weighted by atomic mass is 10.1. The first-order valence-corrected chi connectivity index (χ1v) is 6.44. The number of aryl methyl sites for hydroxylation is 1. The topological polar surface area (TPSA) is 15.3 Å². The van der Waals surface area contributed by atoms with Crippen molar-refractivity contribution < 1.29 is 4.39 Å². The van der Waals surface area contributed by atoms with E-state index in [1.165, 1.54) is 32.0 Å². The van der Waals surface area contributed by atoms with E-state index in [0.717, 1.165) is 30.8 Å². The Labute approximate surface area is 103 Å². The van der Waals surface area contributed by atoms with Crippen LogP contribution in [0, 0.1) is 12.7 Å². The Morgan fingerprint density at radius 3 is 2.82 bits per heavy atom. The normalized spacial score (nSPS) is 16.6. The Bertz CT molecular complexity index is 359. The van der Waals surface area contributed by atoms with Crippen molar-refractivity contribution in [2.75, 3.05) is 26.2 Å². The van der Waals surface area contributed by atoms with E-state index in [2.05, 4.69) is 10.2 Å². The number of rotatable bonds is 5. The molecular weight excluding hydrogens is 215 g/mol. The quantitative estimate of drug-likeness (QED) is 0.789. The number of nitrogens with zero attached hydrogens (tertiary/aromatic N) is 1. The molecule has 1 fully saturated rings. The number of likely N-dealkylation sites (tertiary alicyclic amines) is 1. The first-order chi connectivity index (χ1) is 8.25. The molecule has 1 aromatic rings. The average Bonchev–Trinajstić information content (AvgIpc) is 2.82. The second kappa shape index (κ2) is 6.12. The van der Waals surface area contributed by atoms with Gasteiger partial charge in [-0.15, -0.1) is 0 Å². The summed E-state index contributed by atoms with van der Waals surface area (Å²) in [5.41, 5.74) is 2.21. The zero-order valence-corrected chi connectivity index (χ0v) is 10.5. The minimum atomic E-state index is -0.146. The van der Waals surface area contributed by atoms with Crippen molar-refractivity contribution in [3.05, 3.63) is 35.1 Å². The molecule has 0 bridgehead atoms. The Morgan fingerprint density at radius 2 is 2.06 bits per heavy atom. The van der Waals surface area contributed by atoms with E-state index < -0.39 is 0 Å². The molecule has 1 heterocycles. The van der Waals surface area contributed by atoms with Gasteiger partial charge in [0.15, 0.2) is 0 Å². The molecule has 0 saturated carbocycles. The largest absolute Gasteiger partial charge is 0.311 e. The second-order valence-electron chi connectivity index (χ2n) is 4.80. The summed E-state index contributed by atoms with van der Waals surface area (Å²) in [6.45, 7) is 7.35. The standard InChI is InChI=1S/C14H21FN2/c1-12-4-5-14(15)10-13(12)11-16-6-9-17-7-2-3-8-17/h4-5,10,16H,2-3,6-9,11H2,1H3. The molecule has 0 radical (unpaired) electrons. The molecule has 0 unspecified atom stereocenters. The SMILES string of the molecule is Cc1ccc(F)cc1CNCCN1CCCC1. The van der Waals surface area contributed by atoms with Gasteiger partial charge in [0.2, 0.25) is 0 Å². The minimum absolute atomic E-state index is 0.146. The maximum Gasteiger partial charge on any atom is 0.123 e. The smallest absolute Gasteiger partial charge is 0.123 e. The van der Waals surface area contributed by atoms with Crippen LogP contribution in [0.3, 0.4) is 0 Å². The first kappa shape index (κ1) is 12.5. The van der Waals surface area contributed by atoms with Crippen LogP contribution in [0.15, 0.2) is 18.2 Å². The van der Waals surface area contributed by atoms with E-state index in [1.54, 1.807) is 6.07 Å². The summed E-state index contributed by atoms with van der Waals surface area (Å²) in [6.07, 6.45) is 2.67. The summed E-state index contributed by atoms with van der Waals surface area (Å²) < 4.78 is 13.1. The van der Waals surface area contributed by atoms with Crippen LogP contribution < -0.4 is 5.32 Å². The van der Waals surface area contributed by atoms with Crippen LogP contribution in [-0.4, -0.2) is 31.1 Å². The lowest BCUT2D eigenvalue weighted by Gasteiger charge is -2.15. The zero-order valence-electron chi connectivity index (χ0n) is 10.5. The van der Waals surface area contributed by atoms with Crippen molar-refractivity contribution in [2.24, 2.45) is 0 Å². The molecule has 1 N–H and O–H groups in total. The van der Waals surface area contributed by atoms with Gasteiger partial charge in [-0.2, -0.15) is 0 Å². The predicted octanol–water partition coefficient (Wildman–Crippen LogP) is 2.32. The number of hydrogen-bond donors (Lipinski definition) is 1. The van der Waals surface area contributed by atoms with E-state index in [-0.39, 0.29) is 5.82 Å². The molecule has 0 spiro atoms. The second-order valence-corrected chi connectivity index (χ2v) is 4.80. The number of benzene rings is 1. The molecule has 1 aromatic carbocycles. The van der Waals surface area contributed by atoms with Crippen molar-refractivity contribution >= 4 is 0 Å². The maximum atomic E-state index is 13.1. The molecule has 0 amide bonds.